The second-order valence-corrected chi connectivity index (χ2v) is 21.9. The van der Waals surface area contributed by atoms with Gasteiger partial charge >= 0.3 is 0 Å². The maximum atomic E-state index is 15.6. The molecule has 0 spiro atoms. The van der Waals surface area contributed by atoms with Gasteiger partial charge in [-0.2, -0.15) is 0 Å². The van der Waals surface area contributed by atoms with Gasteiger partial charge in [0.1, 0.15) is 29.9 Å². The number of allylic oxidation sites excluding steroid dienone is 1. The number of hydrogen-bond acceptors (Lipinski definition) is 11. The number of carbonyl (C=O) groups excluding carboxylic acids is 1. The molecule has 0 bridgehead atoms. The molecule has 2 N–H and O–H groups in total. The number of non-ortho nitro benzene ring substituents is 1. The molecule has 1 aliphatic heterocycles. The molecule has 3 aliphatic rings. The largest absolute Gasteiger partial charge is 0.459 e. The Morgan fingerprint density at radius 1 is 0.857 bits per heavy atom. The summed E-state index contributed by atoms with van der Waals surface area (Å²) in [7, 11) is 0. The van der Waals surface area contributed by atoms with Gasteiger partial charge in [-0.3, -0.25) is 14.9 Å². The Balaban J connectivity index is 1.29. The van der Waals surface area contributed by atoms with E-state index >= 15 is 4.79 Å². The number of benzene rings is 5. The smallest absolute Gasteiger partial charge is 0.269 e. The summed E-state index contributed by atoms with van der Waals surface area (Å²) in [6.45, 7) is 7.04. The molecule has 0 saturated heterocycles. The molecule has 1 fully saturated rings. The van der Waals surface area contributed by atoms with Crippen LogP contribution in [-0.2, 0) is 27.5 Å². The highest BCUT2D eigenvalue weighted by Crippen LogP contribution is 2.62. The Kier molecular flexibility index (Phi) is 21.2. The zero-order valence-electron chi connectivity index (χ0n) is 45.2. The molecule has 5 aromatic carbocycles. The third-order valence-electron chi connectivity index (χ3n) is 15.9. The lowest BCUT2D eigenvalue weighted by molar-refractivity contribution is -0.384. The Bertz CT molecular complexity index is 2780. The molecule has 8 rings (SSSR count). The third-order valence-corrected chi connectivity index (χ3v) is 16.6. The second-order valence-electron chi connectivity index (χ2n) is 21.0. The highest BCUT2D eigenvalue weighted by molar-refractivity contribution is 7.98. The first kappa shape index (κ1) is 57.2. The normalized spacial score (nSPS) is 20.9. The monoisotopic (exact) mass is 1070 g/mol. The zero-order chi connectivity index (χ0) is 54.0. The van der Waals surface area contributed by atoms with Crippen molar-refractivity contribution in [3.63, 3.8) is 0 Å². The quantitative estimate of drug-likeness (QED) is 0.0144. The van der Waals surface area contributed by atoms with Gasteiger partial charge in [0.2, 0.25) is 11.7 Å². The molecule has 1 amide bonds. The molecule has 1 heterocycles. The number of fused-ring (bicyclic) bond motifs is 3. The van der Waals surface area contributed by atoms with E-state index in [4.69, 9.17) is 24.2 Å². The number of nitro benzene ring substituents is 1. The molecule has 2 aliphatic carbocycles. The van der Waals surface area contributed by atoms with E-state index in [-0.39, 0.29) is 68.7 Å². The van der Waals surface area contributed by atoms with Gasteiger partial charge in [-0.25, -0.2) is 0 Å². The second kappa shape index (κ2) is 28.6. The van der Waals surface area contributed by atoms with E-state index in [0.717, 1.165) is 89.3 Å². The topological polar surface area (TPSA) is 153 Å². The number of rotatable bonds is 31. The van der Waals surface area contributed by atoms with Gasteiger partial charge in [-0.1, -0.05) is 131 Å². The Morgan fingerprint density at radius 2 is 1.56 bits per heavy atom. The van der Waals surface area contributed by atoms with Crippen molar-refractivity contribution in [2.45, 2.75) is 152 Å². The Labute approximate surface area is 460 Å². The summed E-state index contributed by atoms with van der Waals surface area (Å²) >= 11 is 1.67. The number of ether oxygens (including phenoxy) is 3. The van der Waals surface area contributed by atoms with Crippen LogP contribution in [0.2, 0.25) is 0 Å². The number of oxime groups is 1. The minimum atomic E-state index is -1.45. The first-order valence-electron chi connectivity index (χ1n) is 28.2. The van der Waals surface area contributed by atoms with Crippen LogP contribution in [-0.4, -0.2) is 69.6 Å². The van der Waals surface area contributed by atoms with Crippen LogP contribution in [0.15, 0.2) is 144 Å². The van der Waals surface area contributed by atoms with Crippen molar-refractivity contribution in [2.75, 3.05) is 26.1 Å². The highest BCUT2D eigenvalue weighted by Gasteiger charge is 2.65. The summed E-state index contributed by atoms with van der Waals surface area (Å²) < 4.78 is 21.6. The van der Waals surface area contributed by atoms with Crippen LogP contribution in [0.5, 0.6) is 17.2 Å². The van der Waals surface area contributed by atoms with E-state index in [1.807, 2.05) is 59.7 Å². The van der Waals surface area contributed by atoms with Crippen molar-refractivity contribution in [1.29, 1.82) is 0 Å². The van der Waals surface area contributed by atoms with Gasteiger partial charge in [-0.15, -0.1) is 18.3 Å². The fourth-order valence-corrected chi connectivity index (χ4v) is 12.5. The minimum Gasteiger partial charge on any atom is -0.459 e. The Morgan fingerprint density at radius 3 is 2.27 bits per heavy atom. The van der Waals surface area contributed by atoms with Gasteiger partial charge in [0.05, 0.1) is 23.2 Å². The average Bonchev–Trinajstić information content (AvgIpc) is 3.47. The lowest BCUT2D eigenvalue weighted by Crippen LogP contribution is -2.70. The van der Waals surface area contributed by atoms with Crippen LogP contribution in [0.25, 0.3) is 10.8 Å². The number of aliphatic hydroxyl groups is 2. The predicted molar refractivity (Wildman–Crippen MR) is 307 cm³/mol. The molecule has 410 valence electrons. The van der Waals surface area contributed by atoms with Gasteiger partial charge in [-0.05, 0) is 132 Å². The van der Waals surface area contributed by atoms with E-state index in [9.17, 15) is 20.3 Å². The number of aliphatic hydroxyl groups excluding tert-OH is 2. The molecule has 6 unspecified atom stereocenters. The summed E-state index contributed by atoms with van der Waals surface area (Å²) in [6.07, 6.45) is 21.3. The van der Waals surface area contributed by atoms with Crippen molar-refractivity contribution in [3.8, 4) is 17.2 Å². The molecule has 1 saturated carbocycles. The van der Waals surface area contributed by atoms with Crippen LogP contribution in [0.4, 0.5) is 5.69 Å². The predicted octanol–water partition coefficient (Wildman–Crippen LogP) is 15.0. The summed E-state index contributed by atoms with van der Waals surface area (Å²) in [4.78, 5) is 36.3. The van der Waals surface area contributed by atoms with Crippen molar-refractivity contribution in [3.05, 3.63) is 160 Å². The van der Waals surface area contributed by atoms with Crippen LogP contribution in [0.1, 0.15) is 139 Å². The standard InChI is InChI=1S/C64H79N3O9S/c1-4-6-7-8-9-10-11-12-13-27-61(70)66(44-49-24-20-23-47-21-14-15-25-54(47)49)60-43-58(65-74-45-46-28-30-50(31-29-46)67(71)72)56-41-48(22-16-18-38-68)55(26-17-19-39-69)62-57-42-52(75-51-32-35-53(77-3)36-33-51)34-37-59(57)76-64(60,63(56)62)73-40-5-2/h5,14-15,20-21,23-25,28-37,41-42,48,55,60,62-63,68-69H,2,4,6-13,16-19,22,26-27,38-40,43-45H2,1,3H3. The number of carbonyl (C=O) groups is 1. The first-order chi connectivity index (χ1) is 37.7. The van der Waals surface area contributed by atoms with Crippen LogP contribution >= 0.6 is 11.8 Å². The van der Waals surface area contributed by atoms with E-state index in [1.54, 1.807) is 30.0 Å². The summed E-state index contributed by atoms with van der Waals surface area (Å²) in [5, 5.41) is 39.1. The fraction of sp³-hybridized carbons (Fsp3) is 0.469. The summed E-state index contributed by atoms with van der Waals surface area (Å²) in [5.74, 6) is -0.148. The molecular formula is C64H79N3O9S. The summed E-state index contributed by atoms with van der Waals surface area (Å²) in [5.41, 5.74) is 4.28. The van der Waals surface area contributed by atoms with Crippen molar-refractivity contribution < 1.29 is 39.0 Å². The minimum absolute atomic E-state index is 0.00501. The summed E-state index contributed by atoms with van der Waals surface area (Å²) in [6, 6.07) is 34.2. The zero-order valence-corrected chi connectivity index (χ0v) is 46.0. The lowest BCUT2D eigenvalue weighted by atomic mass is 9.55. The molecule has 0 radical (unpaired) electrons. The van der Waals surface area contributed by atoms with Gasteiger partial charge in [0.15, 0.2) is 0 Å². The Hall–Kier alpha value is -5.99. The van der Waals surface area contributed by atoms with Crippen molar-refractivity contribution in [2.24, 2.45) is 22.9 Å². The van der Waals surface area contributed by atoms with Crippen molar-refractivity contribution >= 4 is 39.8 Å². The van der Waals surface area contributed by atoms with E-state index in [1.165, 1.54) is 44.2 Å². The van der Waals surface area contributed by atoms with Gasteiger partial charge in [0, 0.05) is 61.1 Å². The van der Waals surface area contributed by atoms with E-state index in [2.05, 4.69) is 56.0 Å². The molecule has 5 aromatic rings. The molecule has 77 heavy (non-hydrogen) atoms. The van der Waals surface area contributed by atoms with Crippen LogP contribution < -0.4 is 9.47 Å². The van der Waals surface area contributed by atoms with Crippen molar-refractivity contribution in [1.82, 2.24) is 4.90 Å². The molecule has 13 heteroatoms. The number of amides is 1. The maximum Gasteiger partial charge on any atom is 0.269 e. The highest BCUT2D eigenvalue weighted by atomic mass is 32.2. The van der Waals surface area contributed by atoms with Gasteiger partial charge in [0.25, 0.3) is 5.69 Å². The number of nitrogens with zero attached hydrogens (tertiary/aromatic N) is 3. The SMILES string of the molecule is C=CCOC12Oc3ccc(Oc4ccc(SC)cc4)cc3C3C(CCCCO)C(CCCCO)C=C(C(=NOCc4ccc([N+](=O)[O-])cc4)CC1N(Cc1cccc4ccccc14)C(=O)CCCCCCCCCCC)C32. The maximum absolute atomic E-state index is 15.6. The molecule has 6 atom stereocenters. The van der Waals surface area contributed by atoms with Gasteiger partial charge < -0.3 is 34.2 Å². The number of unbranched alkanes of at least 4 members (excludes halogenated alkanes) is 10. The van der Waals surface area contributed by atoms with E-state index < -0.39 is 22.7 Å². The lowest BCUT2D eigenvalue weighted by Gasteiger charge is -2.60. The first-order valence-corrected chi connectivity index (χ1v) is 29.5. The third kappa shape index (κ3) is 14.2. The number of nitro groups is 1. The average molecular weight is 1070 g/mol. The molecule has 0 aromatic heterocycles. The molecule has 12 nitrogen and oxygen atoms in total. The van der Waals surface area contributed by atoms with Crippen LogP contribution in [0.3, 0.4) is 0 Å². The number of thioether (sulfide) groups is 1. The number of hydrogen-bond donors (Lipinski definition) is 2. The van der Waals surface area contributed by atoms with E-state index in [0.29, 0.717) is 42.2 Å². The van der Waals surface area contributed by atoms with Crippen LogP contribution in [0, 0.1) is 27.9 Å². The molecular weight excluding hydrogens is 987 g/mol. The fourth-order valence-electron chi connectivity index (χ4n) is 12.1.